The van der Waals surface area contributed by atoms with Crippen LogP contribution < -0.4 is 0 Å². The molecule has 2 aliphatic carbocycles. The van der Waals surface area contributed by atoms with Crippen LogP contribution in [0, 0.1) is 5.92 Å². The van der Waals surface area contributed by atoms with Crippen molar-refractivity contribution in [3.05, 3.63) is 0 Å². The van der Waals surface area contributed by atoms with Crippen molar-refractivity contribution in [1.82, 2.24) is 9.80 Å². The smallest absolute Gasteiger partial charge is 0.334 e. The van der Waals surface area contributed by atoms with Gasteiger partial charge in [-0.15, -0.1) is 0 Å². The maximum atomic E-state index is 12.8. The zero-order chi connectivity index (χ0) is 18.0. The van der Waals surface area contributed by atoms with Gasteiger partial charge in [-0.1, -0.05) is 26.2 Å². The van der Waals surface area contributed by atoms with Gasteiger partial charge in [-0.2, -0.15) is 0 Å². The second-order valence-electron chi connectivity index (χ2n) is 7.86. The summed E-state index contributed by atoms with van der Waals surface area (Å²) in [5.41, 5.74) is 0. The molecule has 2 saturated carbocycles. The molecule has 3 rings (SSSR count). The molecule has 0 radical (unpaired) electrons. The van der Waals surface area contributed by atoms with Crippen molar-refractivity contribution < 1.29 is 14.3 Å². The van der Waals surface area contributed by atoms with E-state index in [0.717, 1.165) is 44.4 Å². The van der Waals surface area contributed by atoms with Crippen LogP contribution in [0.1, 0.15) is 71.6 Å². The first-order chi connectivity index (χ1) is 12.0. The molecule has 3 fully saturated rings. The summed E-state index contributed by atoms with van der Waals surface area (Å²) in [6.45, 7) is 4.00. The van der Waals surface area contributed by atoms with Crippen molar-refractivity contribution in [3.63, 3.8) is 0 Å². The summed E-state index contributed by atoms with van der Waals surface area (Å²) in [5, 5.41) is 0. The Morgan fingerprint density at radius 1 is 1.12 bits per heavy atom. The van der Waals surface area contributed by atoms with Crippen LogP contribution in [-0.4, -0.2) is 53.0 Å². The van der Waals surface area contributed by atoms with E-state index in [1.807, 2.05) is 4.90 Å². The zero-order valence-electron chi connectivity index (χ0n) is 15.7. The predicted octanol–water partition coefficient (Wildman–Crippen LogP) is 3.55. The minimum Gasteiger partial charge on any atom is -0.467 e. The monoisotopic (exact) mass is 349 g/mol. The van der Waals surface area contributed by atoms with Gasteiger partial charge in [0.1, 0.15) is 6.04 Å². The Morgan fingerprint density at radius 2 is 1.76 bits per heavy atom. The molecule has 1 saturated heterocycles. The second-order valence-corrected chi connectivity index (χ2v) is 7.86. The summed E-state index contributed by atoms with van der Waals surface area (Å²) in [6.07, 6.45) is 10.2. The molecule has 0 aromatic heterocycles. The molecule has 140 valence electrons. The number of hydrogen-bond acceptors (Lipinski definition) is 4. The molecule has 25 heavy (non-hydrogen) atoms. The van der Waals surface area contributed by atoms with Crippen molar-refractivity contribution in [2.75, 3.05) is 7.11 Å². The molecule has 1 atom stereocenters. The number of rotatable bonds is 4. The van der Waals surface area contributed by atoms with Crippen LogP contribution >= 0.6 is 0 Å². The average Bonchev–Trinajstić information content (AvgIpc) is 2.63. The number of carbonyl (C=O) groups is 2. The number of ether oxygens (including phenoxy) is 1. The first kappa shape index (κ1) is 18.2. The lowest BCUT2D eigenvalue weighted by molar-refractivity contribution is -0.145. The maximum Gasteiger partial charge on any atom is 0.334 e. The third kappa shape index (κ3) is 3.67. The minimum absolute atomic E-state index is 0.0907. The zero-order valence-corrected chi connectivity index (χ0v) is 15.7. The molecule has 2 amide bonds. The summed E-state index contributed by atoms with van der Waals surface area (Å²) in [5.74, 6) is 1.05. The minimum atomic E-state index is -0.612. The predicted molar refractivity (Wildman–Crippen MR) is 96.3 cm³/mol. The largest absolute Gasteiger partial charge is 0.467 e. The standard InChI is InChI=1S/C19H31N3O3/c1-13-9-11-16(12-10-13)22-18(20-15-7-5-4-6-8-15)21(19(22)24)14(2)17(23)25-3/h13-16H,4-12H2,1-3H3. The molecular weight excluding hydrogens is 318 g/mol. The highest BCUT2D eigenvalue weighted by molar-refractivity contribution is 6.16. The van der Waals surface area contributed by atoms with E-state index in [0.29, 0.717) is 5.96 Å². The highest BCUT2D eigenvalue weighted by Crippen LogP contribution is 2.34. The molecule has 0 aromatic carbocycles. The summed E-state index contributed by atoms with van der Waals surface area (Å²) < 4.78 is 4.84. The Bertz CT molecular complexity index is 534. The van der Waals surface area contributed by atoms with E-state index in [2.05, 4.69) is 6.92 Å². The topological polar surface area (TPSA) is 62.2 Å². The fourth-order valence-electron chi connectivity index (χ4n) is 4.29. The highest BCUT2D eigenvalue weighted by Gasteiger charge is 2.50. The van der Waals surface area contributed by atoms with Gasteiger partial charge in [0.05, 0.1) is 13.2 Å². The third-order valence-corrected chi connectivity index (χ3v) is 6.00. The quantitative estimate of drug-likeness (QED) is 0.729. The number of aliphatic imine (C=N–C) groups is 1. The van der Waals surface area contributed by atoms with Gasteiger partial charge in [0.15, 0.2) is 0 Å². The summed E-state index contributed by atoms with van der Waals surface area (Å²) in [7, 11) is 1.36. The van der Waals surface area contributed by atoms with Crippen molar-refractivity contribution in [1.29, 1.82) is 0 Å². The van der Waals surface area contributed by atoms with Crippen LogP contribution in [-0.2, 0) is 9.53 Å². The van der Waals surface area contributed by atoms with Crippen molar-refractivity contribution >= 4 is 18.0 Å². The van der Waals surface area contributed by atoms with Gasteiger partial charge in [-0.25, -0.2) is 19.5 Å². The van der Waals surface area contributed by atoms with Crippen LogP contribution in [0.15, 0.2) is 4.99 Å². The molecule has 6 nitrogen and oxygen atoms in total. The molecular formula is C19H31N3O3. The highest BCUT2D eigenvalue weighted by atomic mass is 16.5. The summed E-state index contributed by atoms with van der Waals surface area (Å²) >= 11 is 0. The molecule has 0 bridgehead atoms. The molecule has 3 aliphatic rings. The Hall–Kier alpha value is -1.59. The Morgan fingerprint density at radius 3 is 2.36 bits per heavy atom. The molecule has 1 unspecified atom stereocenters. The van der Waals surface area contributed by atoms with Crippen LogP contribution in [0.5, 0.6) is 0 Å². The number of guanidine groups is 1. The maximum absolute atomic E-state index is 12.8. The number of methoxy groups -OCH3 is 1. The van der Waals surface area contributed by atoms with E-state index in [1.165, 1.54) is 26.4 Å². The molecule has 1 aliphatic heterocycles. The molecule has 1 heterocycles. The van der Waals surface area contributed by atoms with E-state index in [-0.39, 0.29) is 24.1 Å². The number of esters is 1. The van der Waals surface area contributed by atoms with Gasteiger partial charge in [-0.3, -0.25) is 4.90 Å². The van der Waals surface area contributed by atoms with Crippen LogP contribution in [0.3, 0.4) is 0 Å². The number of amides is 2. The van der Waals surface area contributed by atoms with Gasteiger partial charge in [0.2, 0.25) is 5.96 Å². The normalized spacial score (nSPS) is 31.0. The number of carbonyl (C=O) groups excluding carboxylic acids is 2. The fraction of sp³-hybridized carbons (Fsp3) is 0.842. The van der Waals surface area contributed by atoms with E-state index in [1.54, 1.807) is 11.8 Å². The van der Waals surface area contributed by atoms with Gasteiger partial charge >= 0.3 is 12.0 Å². The van der Waals surface area contributed by atoms with Crippen molar-refractivity contribution in [2.45, 2.75) is 89.8 Å². The van der Waals surface area contributed by atoms with E-state index >= 15 is 0 Å². The Labute approximate surface area is 150 Å². The van der Waals surface area contributed by atoms with Gasteiger partial charge in [-0.05, 0) is 51.4 Å². The van der Waals surface area contributed by atoms with E-state index in [9.17, 15) is 9.59 Å². The number of nitrogens with zero attached hydrogens (tertiary/aromatic N) is 3. The lowest BCUT2D eigenvalue weighted by atomic mass is 9.86. The van der Waals surface area contributed by atoms with Gasteiger partial charge < -0.3 is 4.74 Å². The number of urea groups is 1. The number of hydrogen-bond donors (Lipinski definition) is 0. The summed E-state index contributed by atoms with van der Waals surface area (Å²) in [6, 6.07) is -0.202. The average molecular weight is 349 g/mol. The third-order valence-electron chi connectivity index (χ3n) is 6.00. The molecule has 6 heteroatoms. The van der Waals surface area contributed by atoms with Crippen LogP contribution in [0.4, 0.5) is 4.79 Å². The van der Waals surface area contributed by atoms with Crippen LogP contribution in [0.2, 0.25) is 0 Å². The van der Waals surface area contributed by atoms with Crippen molar-refractivity contribution in [3.8, 4) is 0 Å². The molecule has 0 spiro atoms. The Kier molecular flexibility index (Phi) is 5.64. The second kappa shape index (κ2) is 7.75. The van der Waals surface area contributed by atoms with Gasteiger partial charge in [0, 0.05) is 6.04 Å². The summed E-state index contributed by atoms with van der Waals surface area (Å²) in [4.78, 5) is 33.1. The first-order valence-corrected chi connectivity index (χ1v) is 9.81. The molecule has 0 N–H and O–H groups in total. The van der Waals surface area contributed by atoms with E-state index in [4.69, 9.17) is 9.73 Å². The Balaban J connectivity index is 1.80. The van der Waals surface area contributed by atoms with E-state index < -0.39 is 6.04 Å². The lowest BCUT2D eigenvalue weighted by Crippen LogP contribution is -2.71. The SMILES string of the molecule is COC(=O)C(C)N1C(=O)N(C2CCC(C)CC2)C1=NC1CCCCC1. The van der Waals surface area contributed by atoms with Crippen molar-refractivity contribution in [2.24, 2.45) is 10.9 Å². The molecule has 0 aromatic rings. The fourth-order valence-corrected chi connectivity index (χ4v) is 4.29. The first-order valence-electron chi connectivity index (χ1n) is 9.81. The lowest BCUT2D eigenvalue weighted by Gasteiger charge is -2.50. The van der Waals surface area contributed by atoms with Crippen LogP contribution in [0.25, 0.3) is 0 Å². The van der Waals surface area contributed by atoms with Gasteiger partial charge in [0.25, 0.3) is 0 Å².